The molecule has 0 aromatic heterocycles. The van der Waals surface area contributed by atoms with Crippen molar-refractivity contribution in [1.29, 1.82) is 0 Å². The maximum Gasteiger partial charge on any atom is 0.235 e. The van der Waals surface area contributed by atoms with Gasteiger partial charge in [0.15, 0.2) is 0 Å². The predicted molar refractivity (Wildman–Crippen MR) is 75.0 cm³/mol. The Balaban J connectivity index is 2.15. The fourth-order valence-electron chi connectivity index (χ4n) is 2.10. The molecule has 6 nitrogen and oxygen atoms in total. The Morgan fingerprint density at radius 1 is 1.20 bits per heavy atom. The van der Waals surface area contributed by atoms with Crippen LogP contribution in [-0.2, 0) is 19.9 Å². The molecule has 3 N–H and O–H groups in total. The Kier molecular flexibility index (Phi) is 3.92. The van der Waals surface area contributed by atoms with Gasteiger partial charge in [0.05, 0.1) is 22.4 Å². The second kappa shape index (κ2) is 5.21. The first-order valence-corrected chi connectivity index (χ1v) is 9.33. The van der Waals surface area contributed by atoms with Gasteiger partial charge < -0.3 is 5.73 Å². The molecule has 0 aliphatic carbocycles. The smallest absolute Gasteiger partial charge is 0.235 e. The summed E-state index contributed by atoms with van der Waals surface area (Å²) in [6.45, 7) is 0. The number of anilines is 2. The maximum atomic E-state index is 13.2. The average molecular weight is 322 g/mol. The van der Waals surface area contributed by atoms with E-state index in [9.17, 15) is 21.2 Å². The van der Waals surface area contributed by atoms with Crippen molar-refractivity contribution < 1.29 is 21.2 Å². The van der Waals surface area contributed by atoms with Crippen molar-refractivity contribution in [2.45, 2.75) is 18.1 Å². The summed E-state index contributed by atoms with van der Waals surface area (Å²) in [5.41, 5.74) is 5.58. The molecule has 1 saturated heterocycles. The minimum Gasteiger partial charge on any atom is -0.399 e. The zero-order chi connectivity index (χ0) is 15.0. The summed E-state index contributed by atoms with van der Waals surface area (Å²) in [7, 11) is -6.89. The molecule has 0 unspecified atom stereocenters. The van der Waals surface area contributed by atoms with E-state index in [-0.39, 0.29) is 35.7 Å². The number of sulfonamides is 1. The fourth-order valence-corrected chi connectivity index (χ4v) is 5.36. The quantitative estimate of drug-likeness (QED) is 0.798. The molecule has 0 atom stereocenters. The van der Waals surface area contributed by atoms with Gasteiger partial charge in [-0.15, -0.1) is 0 Å². The van der Waals surface area contributed by atoms with Gasteiger partial charge in [-0.25, -0.2) is 21.2 Å². The molecular formula is C11H15FN2O4S2. The normalized spacial score (nSPS) is 19.6. The van der Waals surface area contributed by atoms with Crippen molar-refractivity contribution in [2.75, 3.05) is 22.0 Å². The fraction of sp³-hybridized carbons (Fsp3) is 0.455. The second-order valence-corrected chi connectivity index (χ2v) is 9.04. The summed E-state index contributed by atoms with van der Waals surface area (Å²) in [6.07, 6.45) is 0.0882. The van der Waals surface area contributed by atoms with Crippen LogP contribution in [0, 0.1) is 5.82 Å². The van der Waals surface area contributed by atoms with Crippen LogP contribution in [0.2, 0.25) is 0 Å². The van der Waals surface area contributed by atoms with Crippen LogP contribution in [0.4, 0.5) is 15.8 Å². The van der Waals surface area contributed by atoms with Crippen LogP contribution >= 0.6 is 0 Å². The van der Waals surface area contributed by atoms with Crippen LogP contribution in [0.25, 0.3) is 0 Å². The summed E-state index contributed by atoms with van der Waals surface area (Å²) in [6, 6.07) is 3.40. The Bertz CT molecular complexity index is 682. The standard InChI is InChI=1S/C11H15FN2O4S2/c12-8-5-9(13)7-10(6-8)14-20(17,18)11-1-3-19(15,16)4-2-11/h5-7,11,14H,1-4,13H2. The Labute approximate surface area is 117 Å². The predicted octanol–water partition coefficient (Wildman–Crippen LogP) is 0.727. The highest BCUT2D eigenvalue weighted by Gasteiger charge is 2.32. The lowest BCUT2D eigenvalue weighted by atomic mass is 10.2. The molecule has 1 aromatic rings. The number of nitrogen functional groups attached to an aromatic ring is 1. The highest BCUT2D eigenvalue weighted by molar-refractivity contribution is 7.94. The van der Waals surface area contributed by atoms with Crippen LogP contribution in [-0.4, -0.2) is 33.6 Å². The molecule has 1 fully saturated rings. The van der Waals surface area contributed by atoms with Gasteiger partial charge in [-0.3, -0.25) is 4.72 Å². The van der Waals surface area contributed by atoms with E-state index in [1.54, 1.807) is 0 Å². The first-order valence-electron chi connectivity index (χ1n) is 5.96. The molecule has 1 aliphatic rings. The van der Waals surface area contributed by atoms with Crippen LogP contribution in [0.5, 0.6) is 0 Å². The molecule has 9 heteroatoms. The number of nitrogens with two attached hydrogens (primary N) is 1. The van der Waals surface area contributed by atoms with Crippen molar-refractivity contribution in [2.24, 2.45) is 0 Å². The molecular weight excluding hydrogens is 307 g/mol. The van der Waals surface area contributed by atoms with E-state index in [1.165, 1.54) is 6.07 Å². The topological polar surface area (TPSA) is 106 Å². The van der Waals surface area contributed by atoms with Gasteiger partial charge in [0, 0.05) is 5.69 Å². The van der Waals surface area contributed by atoms with Crippen LogP contribution in [0.3, 0.4) is 0 Å². The summed E-state index contributed by atoms with van der Waals surface area (Å²) < 4.78 is 62.2. The van der Waals surface area contributed by atoms with Crippen LogP contribution in [0.15, 0.2) is 18.2 Å². The molecule has 1 aromatic carbocycles. The van der Waals surface area contributed by atoms with Gasteiger partial charge in [0.25, 0.3) is 0 Å². The number of sulfone groups is 1. The van der Waals surface area contributed by atoms with Crippen LogP contribution in [0.1, 0.15) is 12.8 Å². The number of nitrogens with one attached hydrogen (secondary N) is 1. The first kappa shape index (κ1) is 15.0. The van der Waals surface area contributed by atoms with E-state index >= 15 is 0 Å². The summed E-state index contributed by atoms with van der Waals surface area (Å²) >= 11 is 0. The summed E-state index contributed by atoms with van der Waals surface area (Å²) in [5.74, 6) is -0.942. The molecule has 0 spiro atoms. The van der Waals surface area contributed by atoms with E-state index in [2.05, 4.69) is 4.72 Å². The number of halogens is 1. The van der Waals surface area contributed by atoms with Gasteiger partial charge in [-0.05, 0) is 31.0 Å². The van der Waals surface area contributed by atoms with E-state index in [4.69, 9.17) is 5.73 Å². The lowest BCUT2D eigenvalue weighted by Gasteiger charge is -2.22. The molecule has 2 rings (SSSR count). The number of benzene rings is 1. The van der Waals surface area contributed by atoms with Gasteiger partial charge in [0.1, 0.15) is 15.7 Å². The second-order valence-electron chi connectivity index (χ2n) is 4.77. The molecule has 112 valence electrons. The van der Waals surface area contributed by atoms with Crippen LogP contribution < -0.4 is 10.5 Å². The highest BCUT2D eigenvalue weighted by Crippen LogP contribution is 2.23. The highest BCUT2D eigenvalue weighted by atomic mass is 32.2. The van der Waals surface area contributed by atoms with E-state index in [0.29, 0.717) is 0 Å². The SMILES string of the molecule is Nc1cc(F)cc(NS(=O)(=O)C2CCS(=O)(=O)CC2)c1. The first-order chi connectivity index (χ1) is 9.18. The third-order valence-corrected chi connectivity index (χ3v) is 6.71. The van der Waals surface area contributed by atoms with E-state index in [0.717, 1.165) is 12.1 Å². The molecule has 20 heavy (non-hydrogen) atoms. The van der Waals surface area contributed by atoms with Crippen molar-refractivity contribution in [3.05, 3.63) is 24.0 Å². The van der Waals surface area contributed by atoms with Gasteiger partial charge >= 0.3 is 0 Å². The van der Waals surface area contributed by atoms with Crippen molar-refractivity contribution >= 4 is 31.2 Å². The van der Waals surface area contributed by atoms with E-state index < -0.39 is 30.9 Å². The number of hydrogen-bond donors (Lipinski definition) is 2. The lowest BCUT2D eigenvalue weighted by molar-refractivity contribution is 0.555. The minimum atomic E-state index is -3.76. The average Bonchev–Trinajstić information content (AvgIpc) is 2.25. The number of hydrogen-bond acceptors (Lipinski definition) is 5. The summed E-state index contributed by atoms with van der Waals surface area (Å²) in [4.78, 5) is 0. The van der Waals surface area contributed by atoms with Gasteiger partial charge in [-0.2, -0.15) is 0 Å². The Morgan fingerprint density at radius 2 is 1.80 bits per heavy atom. The van der Waals surface area contributed by atoms with Gasteiger partial charge in [-0.1, -0.05) is 0 Å². The monoisotopic (exact) mass is 322 g/mol. The number of rotatable bonds is 3. The Morgan fingerprint density at radius 3 is 2.35 bits per heavy atom. The molecule has 0 saturated carbocycles. The molecule has 0 bridgehead atoms. The third kappa shape index (κ3) is 3.60. The Hall–Kier alpha value is -1.35. The maximum absolute atomic E-state index is 13.2. The van der Waals surface area contributed by atoms with Crippen molar-refractivity contribution in [3.8, 4) is 0 Å². The third-order valence-electron chi connectivity index (χ3n) is 3.12. The van der Waals surface area contributed by atoms with Crippen molar-refractivity contribution in [3.63, 3.8) is 0 Å². The lowest BCUT2D eigenvalue weighted by Crippen LogP contribution is -2.36. The molecule has 1 heterocycles. The molecule has 0 radical (unpaired) electrons. The largest absolute Gasteiger partial charge is 0.399 e. The zero-order valence-electron chi connectivity index (χ0n) is 10.5. The van der Waals surface area contributed by atoms with Gasteiger partial charge in [0.2, 0.25) is 10.0 Å². The zero-order valence-corrected chi connectivity index (χ0v) is 12.2. The van der Waals surface area contributed by atoms with E-state index in [1.807, 2.05) is 0 Å². The summed E-state index contributed by atoms with van der Waals surface area (Å²) in [5, 5.41) is -0.796. The molecule has 1 aliphatic heterocycles. The minimum absolute atomic E-state index is 0.0379. The molecule has 0 amide bonds. The van der Waals surface area contributed by atoms with Crippen molar-refractivity contribution in [1.82, 2.24) is 0 Å².